The highest BCUT2D eigenvalue weighted by Crippen LogP contribution is 2.43. The molecule has 0 aromatic carbocycles. The number of allylic oxidation sites excluding steroid dienone is 1. The maximum Gasteiger partial charge on any atom is 0.193 e. The van der Waals surface area contributed by atoms with Gasteiger partial charge in [-0.05, 0) is 36.7 Å². The number of hydrogen-bond acceptors (Lipinski definition) is 3. The Balaban J connectivity index is 2.21. The number of hydrogen-bond donors (Lipinski definition) is 1. The van der Waals surface area contributed by atoms with Crippen LogP contribution in [0.3, 0.4) is 0 Å². The average Bonchev–Trinajstić information content (AvgIpc) is 3.09. The van der Waals surface area contributed by atoms with Gasteiger partial charge in [-0.1, -0.05) is 39.2 Å². The third-order valence-corrected chi connectivity index (χ3v) is 8.99. The highest BCUT2D eigenvalue weighted by Gasteiger charge is 2.55. The first kappa shape index (κ1) is 16.5. The molecule has 0 bridgehead atoms. The van der Waals surface area contributed by atoms with Crippen molar-refractivity contribution in [1.82, 2.24) is 0 Å². The van der Waals surface area contributed by atoms with Crippen LogP contribution in [0, 0.1) is 11.8 Å². The smallest absolute Gasteiger partial charge is 0.193 e. The standard InChI is InChI=1S/C17H26O3Si/c1-11(2)8-9-12-10-13(15-16(19-15)14(12)18)20-21(6,7)17(3,4)5/h10,13-16,18H,1H2,2-7H3/t13-,14+,15-,16+/m0/s1. The van der Waals surface area contributed by atoms with Crippen LogP contribution in [0.2, 0.25) is 18.1 Å². The van der Waals surface area contributed by atoms with Gasteiger partial charge in [0.25, 0.3) is 0 Å². The first-order chi connectivity index (χ1) is 9.53. The summed E-state index contributed by atoms with van der Waals surface area (Å²) in [5.74, 6) is 5.93. The molecule has 1 aliphatic carbocycles. The van der Waals surface area contributed by atoms with Gasteiger partial charge in [0.2, 0.25) is 0 Å². The minimum Gasteiger partial charge on any atom is -0.408 e. The second-order valence-corrected chi connectivity index (χ2v) is 12.3. The molecular formula is C17H26O3Si. The Kier molecular flexibility index (Phi) is 4.25. The zero-order chi connectivity index (χ0) is 16.0. The Bertz CT molecular complexity index is 530. The van der Waals surface area contributed by atoms with Crippen molar-refractivity contribution < 1.29 is 14.3 Å². The summed E-state index contributed by atoms with van der Waals surface area (Å²) >= 11 is 0. The van der Waals surface area contributed by atoms with Gasteiger partial charge in [0.15, 0.2) is 8.32 Å². The maximum absolute atomic E-state index is 10.2. The summed E-state index contributed by atoms with van der Waals surface area (Å²) in [4.78, 5) is 0. The first-order valence-electron chi connectivity index (χ1n) is 7.43. The predicted octanol–water partition coefficient (Wildman–Crippen LogP) is 3.02. The summed E-state index contributed by atoms with van der Waals surface area (Å²) < 4.78 is 12.0. The lowest BCUT2D eigenvalue weighted by Crippen LogP contribution is -2.46. The lowest BCUT2D eigenvalue weighted by Gasteiger charge is -2.39. The second kappa shape index (κ2) is 5.40. The normalized spacial score (nSPS) is 31.7. The van der Waals surface area contributed by atoms with Gasteiger partial charge in [0.05, 0.1) is 6.10 Å². The highest BCUT2D eigenvalue weighted by atomic mass is 28.4. The zero-order valence-corrected chi connectivity index (χ0v) is 14.9. The molecule has 4 atom stereocenters. The molecule has 0 saturated carbocycles. The monoisotopic (exact) mass is 306 g/mol. The Morgan fingerprint density at radius 3 is 2.52 bits per heavy atom. The topological polar surface area (TPSA) is 42.0 Å². The number of ether oxygens (including phenoxy) is 1. The average molecular weight is 306 g/mol. The van der Waals surface area contributed by atoms with Gasteiger partial charge in [0.1, 0.15) is 18.3 Å². The van der Waals surface area contributed by atoms with E-state index in [1.165, 1.54) is 0 Å². The van der Waals surface area contributed by atoms with E-state index in [0.29, 0.717) is 5.57 Å². The number of epoxide rings is 1. The molecule has 0 aromatic rings. The van der Waals surface area contributed by atoms with Crippen LogP contribution in [-0.4, -0.2) is 37.8 Å². The second-order valence-electron chi connectivity index (χ2n) is 7.51. The van der Waals surface area contributed by atoms with Crippen LogP contribution in [0.4, 0.5) is 0 Å². The Hall–Kier alpha value is -0.863. The number of fused-ring (bicyclic) bond motifs is 1. The largest absolute Gasteiger partial charge is 0.408 e. The minimum absolute atomic E-state index is 0.0236. The van der Waals surface area contributed by atoms with Crippen molar-refractivity contribution in [3.8, 4) is 11.8 Å². The molecule has 4 heteroatoms. The minimum atomic E-state index is -1.88. The summed E-state index contributed by atoms with van der Waals surface area (Å²) in [6.07, 6.45) is 1.01. The van der Waals surface area contributed by atoms with Crippen LogP contribution in [-0.2, 0) is 9.16 Å². The van der Waals surface area contributed by atoms with E-state index in [1.807, 2.05) is 13.0 Å². The predicted molar refractivity (Wildman–Crippen MR) is 87.4 cm³/mol. The van der Waals surface area contributed by atoms with E-state index in [2.05, 4.69) is 52.3 Å². The van der Waals surface area contributed by atoms with E-state index < -0.39 is 14.4 Å². The molecule has 2 rings (SSSR count). The Morgan fingerprint density at radius 2 is 2.00 bits per heavy atom. The van der Waals surface area contributed by atoms with Crippen LogP contribution < -0.4 is 0 Å². The van der Waals surface area contributed by atoms with Gasteiger partial charge in [-0.2, -0.15) is 0 Å². The first-order valence-corrected chi connectivity index (χ1v) is 10.3. The molecule has 0 amide bonds. The fourth-order valence-electron chi connectivity index (χ4n) is 2.11. The molecule has 1 saturated heterocycles. The Labute approximate surface area is 129 Å². The number of rotatable bonds is 2. The van der Waals surface area contributed by atoms with Gasteiger partial charge >= 0.3 is 0 Å². The van der Waals surface area contributed by atoms with Crippen LogP contribution in [0.5, 0.6) is 0 Å². The van der Waals surface area contributed by atoms with E-state index >= 15 is 0 Å². The maximum atomic E-state index is 10.2. The van der Waals surface area contributed by atoms with Crippen molar-refractivity contribution >= 4 is 8.32 Å². The van der Waals surface area contributed by atoms with E-state index in [4.69, 9.17) is 9.16 Å². The molecule has 0 aromatic heterocycles. The Morgan fingerprint density at radius 1 is 1.38 bits per heavy atom. The van der Waals surface area contributed by atoms with E-state index in [0.717, 1.165) is 5.57 Å². The van der Waals surface area contributed by atoms with Crippen molar-refractivity contribution in [1.29, 1.82) is 0 Å². The van der Waals surface area contributed by atoms with Crippen molar-refractivity contribution in [3.63, 3.8) is 0 Å². The van der Waals surface area contributed by atoms with Gasteiger partial charge in [-0.3, -0.25) is 0 Å². The van der Waals surface area contributed by atoms with Gasteiger partial charge < -0.3 is 14.3 Å². The van der Waals surface area contributed by atoms with Crippen molar-refractivity contribution in [2.45, 2.75) is 70.2 Å². The van der Waals surface area contributed by atoms with Gasteiger partial charge in [-0.15, -0.1) is 0 Å². The van der Waals surface area contributed by atoms with Gasteiger partial charge in [-0.25, -0.2) is 0 Å². The number of aliphatic hydroxyl groups is 1. The SMILES string of the molecule is C=C(C)C#CC1=C[C@H](O[Si](C)(C)C(C)(C)C)[C@@H]2O[C@@H]2[C@@H]1O. The van der Waals surface area contributed by atoms with Crippen LogP contribution in [0.25, 0.3) is 0 Å². The van der Waals surface area contributed by atoms with E-state index in [1.54, 1.807) is 0 Å². The molecule has 2 aliphatic rings. The summed E-state index contributed by atoms with van der Waals surface area (Å²) in [7, 11) is -1.88. The number of aliphatic hydroxyl groups excluding tert-OH is 1. The summed E-state index contributed by atoms with van der Waals surface area (Å²) in [6.45, 7) is 16.7. The van der Waals surface area contributed by atoms with E-state index in [-0.39, 0.29) is 23.4 Å². The fraction of sp³-hybridized carbons (Fsp3) is 0.647. The highest BCUT2D eigenvalue weighted by molar-refractivity contribution is 6.74. The molecule has 0 radical (unpaired) electrons. The molecule has 21 heavy (non-hydrogen) atoms. The quantitative estimate of drug-likeness (QED) is 0.484. The lowest BCUT2D eigenvalue weighted by molar-refractivity contribution is 0.169. The summed E-state index contributed by atoms with van der Waals surface area (Å²) in [5, 5.41) is 10.3. The van der Waals surface area contributed by atoms with Crippen LogP contribution >= 0.6 is 0 Å². The zero-order valence-electron chi connectivity index (χ0n) is 13.9. The van der Waals surface area contributed by atoms with Crippen LogP contribution in [0.15, 0.2) is 23.8 Å². The molecule has 3 nitrogen and oxygen atoms in total. The molecule has 0 spiro atoms. The lowest BCUT2D eigenvalue weighted by atomic mass is 9.95. The van der Waals surface area contributed by atoms with Crippen molar-refractivity contribution in [2.24, 2.45) is 0 Å². The molecule has 1 heterocycles. The van der Waals surface area contributed by atoms with E-state index in [9.17, 15) is 5.11 Å². The fourth-order valence-corrected chi connectivity index (χ4v) is 3.35. The van der Waals surface area contributed by atoms with Crippen molar-refractivity contribution in [3.05, 3.63) is 23.8 Å². The van der Waals surface area contributed by atoms with Crippen LogP contribution in [0.1, 0.15) is 27.7 Å². The molecule has 116 valence electrons. The summed E-state index contributed by atoms with van der Waals surface area (Å²) in [5.41, 5.74) is 1.48. The summed E-state index contributed by atoms with van der Waals surface area (Å²) in [6, 6.07) is 0. The third-order valence-electron chi connectivity index (χ3n) is 4.52. The van der Waals surface area contributed by atoms with Crippen molar-refractivity contribution in [2.75, 3.05) is 0 Å². The molecule has 0 unspecified atom stereocenters. The molecule has 1 aliphatic heterocycles. The molecule has 1 N–H and O–H groups in total. The molecular weight excluding hydrogens is 280 g/mol. The van der Waals surface area contributed by atoms with Gasteiger partial charge in [0, 0.05) is 5.57 Å². The third kappa shape index (κ3) is 3.49. The molecule has 1 fully saturated rings.